The number of aromatic nitrogens is 3. The average Bonchev–Trinajstić information content (AvgIpc) is 3.76. The highest BCUT2D eigenvalue weighted by atomic mass is 32.2. The molecule has 0 unspecified atom stereocenters. The van der Waals surface area contributed by atoms with Crippen molar-refractivity contribution in [3.8, 4) is 0 Å². The monoisotopic (exact) mass is 727 g/mol. The minimum absolute atomic E-state index is 0.0137. The fourth-order valence-electron chi connectivity index (χ4n) is 7.83. The van der Waals surface area contributed by atoms with Crippen molar-refractivity contribution in [3.63, 3.8) is 0 Å². The van der Waals surface area contributed by atoms with Crippen LogP contribution in [0.5, 0.6) is 0 Å². The number of sulfone groups is 1. The van der Waals surface area contributed by atoms with E-state index in [0.717, 1.165) is 44.8 Å². The molecule has 3 aliphatic rings. The molecule has 2 aromatic rings. The molecular formula is C35H49N7O8S. The number of nitrogens with two attached hydrogens (primary N) is 1. The van der Waals surface area contributed by atoms with Crippen LogP contribution in [0.2, 0.25) is 0 Å². The first kappa shape index (κ1) is 38.1. The van der Waals surface area contributed by atoms with Crippen molar-refractivity contribution in [3.05, 3.63) is 41.7 Å². The molecule has 1 aromatic carbocycles. The summed E-state index contributed by atoms with van der Waals surface area (Å²) in [6.45, 7) is 3.13. The highest BCUT2D eigenvalue weighted by Crippen LogP contribution is 2.35. The van der Waals surface area contributed by atoms with Crippen LogP contribution in [0.1, 0.15) is 113 Å². The normalized spacial score (nSPS) is 21.8. The van der Waals surface area contributed by atoms with E-state index in [0.29, 0.717) is 25.0 Å². The smallest absolute Gasteiger partial charge is 0.287 e. The summed E-state index contributed by atoms with van der Waals surface area (Å²) in [7, 11) is -3.49. The second-order valence-electron chi connectivity index (χ2n) is 14.9. The number of amides is 4. The van der Waals surface area contributed by atoms with Crippen molar-refractivity contribution >= 4 is 39.2 Å². The number of nitrogens with zero attached hydrogens (tertiary/aromatic N) is 4. The van der Waals surface area contributed by atoms with Crippen molar-refractivity contribution in [2.24, 2.45) is 11.7 Å². The van der Waals surface area contributed by atoms with E-state index in [1.54, 1.807) is 13.8 Å². The molecule has 5 rings (SSSR count). The highest BCUT2D eigenvalue weighted by molar-refractivity contribution is 7.90. The number of nitrogens with one attached hydrogen (secondary N) is 2. The van der Waals surface area contributed by atoms with E-state index in [-0.39, 0.29) is 42.2 Å². The van der Waals surface area contributed by atoms with Gasteiger partial charge in [0, 0.05) is 24.8 Å². The lowest BCUT2D eigenvalue weighted by atomic mass is 9.78. The third kappa shape index (κ3) is 8.66. The Morgan fingerprint density at radius 2 is 1.65 bits per heavy atom. The van der Waals surface area contributed by atoms with Crippen molar-refractivity contribution in [1.29, 1.82) is 0 Å². The SMILES string of the molecule is CC(C)(O)c1cnnn1[C@H]1C[C@@H](C(=O)NC2(C(=O)C(N)=O)CCCCC2)N(C(=O)[C@@H](CC2CCCCC2)NC(=O)c2ccc(S(C)(=O)=O)cc2)C1. The second-order valence-corrected chi connectivity index (χ2v) is 16.9. The fraction of sp³-hybridized carbons (Fsp3) is 0.629. The van der Waals surface area contributed by atoms with Gasteiger partial charge in [0.15, 0.2) is 9.84 Å². The van der Waals surface area contributed by atoms with Crippen molar-refractivity contribution in [2.45, 2.75) is 125 Å². The zero-order valence-electron chi connectivity index (χ0n) is 29.5. The van der Waals surface area contributed by atoms with E-state index in [1.807, 2.05) is 0 Å². The summed E-state index contributed by atoms with van der Waals surface area (Å²) in [6, 6.07) is 2.68. The number of primary amides is 1. The number of benzene rings is 1. The molecule has 3 fully saturated rings. The van der Waals surface area contributed by atoms with Gasteiger partial charge in [-0.3, -0.25) is 24.0 Å². The average molecular weight is 728 g/mol. The largest absolute Gasteiger partial charge is 0.384 e. The fourth-order valence-corrected chi connectivity index (χ4v) is 8.46. The predicted octanol–water partition coefficient (Wildman–Crippen LogP) is 1.69. The molecule has 3 atom stereocenters. The Morgan fingerprint density at radius 3 is 2.24 bits per heavy atom. The molecule has 15 nitrogen and oxygen atoms in total. The second kappa shape index (κ2) is 15.2. The van der Waals surface area contributed by atoms with Gasteiger partial charge >= 0.3 is 0 Å². The molecule has 2 heterocycles. The Balaban J connectivity index is 1.48. The molecule has 278 valence electrons. The maximum Gasteiger partial charge on any atom is 0.287 e. The number of rotatable bonds is 12. The van der Waals surface area contributed by atoms with Crippen LogP contribution in [0.4, 0.5) is 0 Å². The lowest BCUT2D eigenvalue weighted by Gasteiger charge is -2.38. The van der Waals surface area contributed by atoms with E-state index in [4.69, 9.17) is 5.73 Å². The van der Waals surface area contributed by atoms with Crippen LogP contribution in [0.15, 0.2) is 35.4 Å². The van der Waals surface area contributed by atoms with Gasteiger partial charge in [0.1, 0.15) is 23.2 Å². The van der Waals surface area contributed by atoms with Crippen molar-refractivity contribution in [1.82, 2.24) is 30.5 Å². The van der Waals surface area contributed by atoms with Gasteiger partial charge in [-0.15, -0.1) is 5.10 Å². The zero-order valence-corrected chi connectivity index (χ0v) is 30.3. The molecule has 16 heteroatoms. The van der Waals surface area contributed by atoms with Crippen molar-refractivity contribution in [2.75, 3.05) is 12.8 Å². The van der Waals surface area contributed by atoms with Gasteiger partial charge in [-0.1, -0.05) is 56.6 Å². The molecular weight excluding hydrogens is 678 g/mol. The molecule has 2 aliphatic carbocycles. The van der Waals surface area contributed by atoms with Gasteiger partial charge in [-0.2, -0.15) is 0 Å². The van der Waals surface area contributed by atoms with Gasteiger partial charge in [0.2, 0.25) is 17.6 Å². The Labute approximate surface area is 298 Å². The predicted molar refractivity (Wildman–Crippen MR) is 185 cm³/mol. The van der Waals surface area contributed by atoms with Crippen LogP contribution < -0.4 is 16.4 Å². The van der Waals surface area contributed by atoms with Crippen LogP contribution in [-0.4, -0.2) is 93.3 Å². The number of hydrogen-bond acceptors (Lipinski definition) is 10. The maximum absolute atomic E-state index is 14.7. The standard InChI is InChI=1S/C35H49N7O8S/c1-34(2,48)28-20-37-40-42(28)24-19-27(32(46)39-35(29(43)30(36)44)16-8-5-9-17-35)41(21-24)33(47)26(18-22-10-6-4-7-11-22)38-31(45)23-12-14-25(15-13-23)51(3,49)50/h12-15,20,22,24,26-27,48H,4-11,16-19,21H2,1-3H3,(H2,36,44)(H,38,45)(H,39,46)/t24-,26+,27-/m0/s1. The van der Waals surface area contributed by atoms with Gasteiger partial charge < -0.3 is 26.4 Å². The Kier molecular flexibility index (Phi) is 11.3. The van der Waals surface area contributed by atoms with Gasteiger partial charge in [0.05, 0.1) is 22.8 Å². The molecule has 1 aromatic heterocycles. The Hall–Kier alpha value is -4.18. The van der Waals surface area contributed by atoms with Gasteiger partial charge in [-0.25, -0.2) is 13.1 Å². The molecule has 0 bridgehead atoms. The molecule has 0 spiro atoms. The van der Waals surface area contributed by atoms with Crippen LogP contribution in [-0.2, 0) is 34.6 Å². The lowest BCUT2D eigenvalue weighted by Crippen LogP contribution is -2.62. The van der Waals surface area contributed by atoms with Crippen molar-refractivity contribution < 1.29 is 37.5 Å². The lowest BCUT2D eigenvalue weighted by molar-refractivity contribution is -0.145. The third-order valence-corrected chi connectivity index (χ3v) is 11.7. The summed E-state index contributed by atoms with van der Waals surface area (Å²) in [6.07, 6.45) is 10.2. The van der Waals surface area contributed by atoms with Crippen LogP contribution in [0.25, 0.3) is 0 Å². The molecule has 1 aliphatic heterocycles. The number of likely N-dealkylation sites (tertiary alicyclic amines) is 1. The number of carbonyl (C=O) groups excluding carboxylic acids is 5. The summed E-state index contributed by atoms with van der Waals surface area (Å²) in [5.41, 5.74) is 3.14. The van der Waals surface area contributed by atoms with Crippen LogP contribution >= 0.6 is 0 Å². The number of hydrogen-bond donors (Lipinski definition) is 4. The molecule has 2 saturated carbocycles. The first-order valence-corrected chi connectivity index (χ1v) is 19.6. The molecule has 5 N–H and O–H groups in total. The maximum atomic E-state index is 14.7. The van der Waals surface area contributed by atoms with Gasteiger partial charge in [-0.05, 0) is 63.3 Å². The summed E-state index contributed by atoms with van der Waals surface area (Å²) in [5, 5.41) is 24.7. The van der Waals surface area contributed by atoms with E-state index in [2.05, 4.69) is 20.9 Å². The van der Waals surface area contributed by atoms with Crippen LogP contribution in [0, 0.1) is 5.92 Å². The number of Topliss-reactive ketones (excluding diaryl/α,β-unsaturated/α-hetero) is 1. The first-order chi connectivity index (χ1) is 24.0. The minimum atomic E-state index is -3.49. The van der Waals surface area contributed by atoms with E-state index >= 15 is 0 Å². The number of aliphatic hydroxyl groups is 1. The van der Waals surface area contributed by atoms with Gasteiger partial charge in [0.25, 0.3) is 11.8 Å². The number of ketones is 1. The molecule has 51 heavy (non-hydrogen) atoms. The molecule has 4 amide bonds. The third-order valence-electron chi connectivity index (χ3n) is 10.6. The topological polar surface area (TPSA) is 224 Å². The molecule has 0 radical (unpaired) electrons. The quantitative estimate of drug-likeness (QED) is 0.232. The summed E-state index contributed by atoms with van der Waals surface area (Å²) in [4.78, 5) is 69.3. The zero-order chi connectivity index (χ0) is 37.1. The highest BCUT2D eigenvalue weighted by Gasteiger charge is 2.49. The minimum Gasteiger partial charge on any atom is -0.384 e. The summed E-state index contributed by atoms with van der Waals surface area (Å²) in [5.74, 6) is -3.60. The van der Waals surface area contributed by atoms with E-state index in [9.17, 15) is 37.5 Å². The number of carbonyl (C=O) groups is 5. The Bertz CT molecular complexity index is 1740. The summed E-state index contributed by atoms with van der Waals surface area (Å²) < 4.78 is 25.5. The van der Waals surface area contributed by atoms with E-state index < -0.39 is 68.5 Å². The molecule has 1 saturated heterocycles. The first-order valence-electron chi connectivity index (χ1n) is 17.7. The van der Waals surface area contributed by atoms with Crippen LogP contribution in [0.3, 0.4) is 0 Å². The van der Waals surface area contributed by atoms with E-state index in [1.165, 1.54) is 40.0 Å². The Morgan fingerprint density at radius 1 is 1.02 bits per heavy atom. The summed E-state index contributed by atoms with van der Waals surface area (Å²) >= 11 is 0.